The smallest absolute Gasteiger partial charge is 0.239 e. The number of nitrogens with zero attached hydrogens (tertiary/aromatic N) is 3. The molecule has 0 fully saturated rings. The quantitative estimate of drug-likeness (QED) is 0.249. The summed E-state index contributed by atoms with van der Waals surface area (Å²) < 4.78 is 28.3. The first kappa shape index (κ1) is 25.0. The van der Waals surface area contributed by atoms with Crippen molar-refractivity contribution in [1.29, 1.82) is 0 Å². The van der Waals surface area contributed by atoms with Gasteiger partial charge in [0.25, 0.3) is 0 Å². The minimum atomic E-state index is -0.301. The third-order valence-electron chi connectivity index (χ3n) is 8.09. The Kier molecular flexibility index (Phi) is 6.15. The first-order valence-electron chi connectivity index (χ1n) is 13.4. The van der Waals surface area contributed by atoms with E-state index in [9.17, 15) is 13.6 Å². The van der Waals surface area contributed by atoms with Crippen molar-refractivity contribution in [3.05, 3.63) is 123 Å². The molecule has 4 aromatic rings. The zero-order chi connectivity index (χ0) is 27.4. The Morgan fingerprint density at radius 2 is 1.62 bits per heavy atom. The highest BCUT2D eigenvalue weighted by molar-refractivity contribution is 9.10. The molecule has 0 saturated heterocycles. The third kappa shape index (κ3) is 4.09. The van der Waals surface area contributed by atoms with E-state index in [-0.39, 0.29) is 29.4 Å². The molecule has 8 heteroatoms. The van der Waals surface area contributed by atoms with E-state index in [1.165, 1.54) is 24.3 Å². The van der Waals surface area contributed by atoms with Gasteiger partial charge in [0.05, 0.1) is 23.0 Å². The van der Waals surface area contributed by atoms with Crippen LogP contribution < -0.4 is 15.2 Å². The molecular formula is C32H25BrF2N4O. The van der Waals surface area contributed by atoms with Crippen LogP contribution in [0.3, 0.4) is 0 Å². The van der Waals surface area contributed by atoms with Gasteiger partial charge >= 0.3 is 0 Å². The molecule has 1 atom stereocenters. The molecule has 0 saturated carbocycles. The molecule has 3 aliphatic rings. The van der Waals surface area contributed by atoms with E-state index < -0.39 is 0 Å². The number of benzene rings is 4. The number of amidine groups is 1. The van der Waals surface area contributed by atoms with Gasteiger partial charge < -0.3 is 4.90 Å². The van der Waals surface area contributed by atoms with Gasteiger partial charge in [0, 0.05) is 16.0 Å². The zero-order valence-electron chi connectivity index (χ0n) is 21.4. The summed E-state index contributed by atoms with van der Waals surface area (Å²) in [7, 11) is 0. The Bertz CT molecular complexity index is 1610. The Hall–Kier alpha value is -4.04. The van der Waals surface area contributed by atoms with E-state index in [1.807, 2.05) is 35.2 Å². The lowest BCUT2D eigenvalue weighted by molar-refractivity contribution is -0.118. The summed E-state index contributed by atoms with van der Waals surface area (Å²) in [6.45, 7) is 0.535. The summed E-state index contributed by atoms with van der Waals surface area (Å²) >= 11 is 3.60. The number of anilines is 3. The Balaban J connectivity index is 1.22. The van der Waals surface area contributed by atoms with Gasteiger partial charge in [-0.05, 0) is 78.1 Å². The van der Waals surface area contributed by atoms with Gasteiger partial charge in [-0.15, -0.1) is 0 Å². The number of halogens is 3. The largest absolute Gasteiger partial charge is 0.303 e. The SMILES string of the molecule is O=C1C(CCCC(c2ccc(F)cc2)c2ccc(F)cc2)c2cccc3c2N1c1cc(Br)ccc1N1CNN=C31. The number of carbonyl (C=O) groups is 1. The monoisotopic (exact) mass is 598 g/mol. The summed E-state index contributed by atoms with van der Waals surface area (Å²) in [6, 6.07) is 25.1. The van der Waals surface area contributed by atoms with Crippen molar-refractivity contribution in [2.24, 2.45) is 5.10 Å². The summed E-state index contributed by atoms with van der Waals surface area (Å²) in [6.07, 6.45) is 2.15. The van der Waals surface area contributed by atoms with E-state index in [0.717, 1.165) is 62.5 Å². The molecular weight excluding hydrogens is 574 g/mol. The second kappa shape index (κ2) is 9.86. The van der Waals surface area contributed by atoms with E-state index >= 15 is 0 Å². The van der Waals surface area contributed by atoms with Crippen molar-refractivity contribution in [3.63, 3.8) is 0 Å². The number of hydrogen-bond donors (Lipinski definition) is 1. The predicted octanol–water partition coefficient (Wildman–Crippen LogP) is 7.53. The van der Waals surface area contributed by atoms with Gasteiger partial charge in [0.15, 0.2) is 5.84 Å². The molecule has 3 aliphatic heterocycles. The summed E-state index contributed by atoms with van der Waals surface area (Å²) in [4.78, 5) is 18.1. The fraction of sp³-hybridized carbons (Fsp3) is 0.188. The van der Waals surface area contributed by atoms with Crippen LogP contribution in [0.2, 0.25) is 0 Å². The minimum absolute atomic E-state index is 0.0392. The number of carbonyl (C=O) groups excluding carboxylic acids is 1. The van der Waals surface area contributed by atoms with E-state index in [1.54, 1.807) is 24.3 Å². The first-order chi connectivity index (χ1) is 19.5. The molecule has 7 rings (SSSR count). The highest BCUT2D eigenvalue weighted by atomic mass is 79.9. The second-order valence-corrected chi connectivity index (χ2v) is 11.3. The van der Waals surface area contributed by atoms with Crippen LogP contribution >= 0.6 is 15.9 Å². The van der Waals surface area contributed by atoms with Gasteiger partial charge in [-0.1, -0.05) is 58.7 Å². The minimum Gasteiger partial charge on any atom is -0.303 e. The average molecular weight is 599 g/mol. The molecule has 1 amide bonds. The van der Waals surface area contributed by atoms with E-state index in [4.69, 9.17) is 0 Å². The van der Waals surface area contributed by atoms with E-state index in [2.05, 4.69) is 37.4 Å². The van der Waals surface area contributed by atoms with Gasteiger partial charge in [0.1, 0.15) is 18.3 Å². The van der Waals surface area contributed by atoms with Crippen molar-refractivity contribution in [3.8, 4) is 0 Å². The number of rotatable bonds is 6. The second-order valence-electron chi connectivity index (χ2n) is 10.4. The Labute approximate surface area is 239 Å². The summed E-state index contributed by atoms with van der Waals surface area (Å²) in [5.41, 5.74) is 9.63. The molecule has 1 N–H and O–H groups in total. The van der Waals surface area contributed by atoms with E-state index in [0.29, 0.717) is 13.1 Å². The lowest BCUT2D eigenvalue weighted by Gasteiger charge is -2.23. The maximum atomic E-state index is 14.2. The topological polar surface area (TPSA) is 47.9 Å². The number of para-hydroxylation sites is 1. The maximum Gasteiger partial charge on any atom is 0.239 e. The van der Waals surface area contributed by atoms with Crippen molar-refractivity contribution in [1.82, 2.24) is 5.43 Å². The van der Waals surface area contributed by atoms with Crippen LogP contribution in [0, 0.1) is 11.6 Å². The fourth-order valence-corrected chi connectivity index (χ4v) is 6.61. The number of hydrazone groups is 1. The van der Waals surface area contributed by atoms with Crippen LogP contribution in [0.25, 0.3) is 0 Å². The van der Waals surface area contributed by atoms with Crippen LogP contribution in [0.1, 0.15) is 53.4 Å². The van der Waals surface area contributed by atoms with Gasteiger partial charge in [-0.2, -0.15) is 5.10 Å². The molecule has 0 radical (unpaired) electrons. The molecule has 0 spiro atoms. The van der Waals surface area contributed by atoms with Crippen molar-refractivity contribution >= 4 is 44.7 Å². The van der Waals surface area contributed by atoms with Crippen LogP contribution in [-0.2, 0) is 4.79 Å². The zero-order valence-corrected chi connectivity index (χ0v) is 23.0. The normalized spacial score (nSPS) is 16.9. The molecule has 0 aliphatic carbocycles. The molecule has 0 bridgehead atoms. The average Bonchev–Trinajstić information content (AvgIpc) is 3.52. The van der Waals surface area contributed by atoms with Crippen LogP contribution in [0.15, 0.2) is 94.5 Å². The van der Waals surface area contributed by atoms with Crippen molar-refractivity contribution in [2.45, 2.75) is 31.1 Å². The molecule has 4 aromatic carbocycles. The Morgan fingerprint density at radius 1 is 0.925 bits per heavy atom. The standard InChI is InChI=1S/C32H25BrF2N4O/c33-21-11-16-28-29(17-21)39-30-25(4-2-6-27(30)31-37-36-18-38(28)31)26(32(39)40)5-1-3-24(19-7-12-22(34)13-8-19)20-9-14-23(35)15-10-20/h2,4,6-17,24,26,36H,1,3,5,18H2. The molecule has 40 heavy (non-hydrogen) atoms. The molecule has 200 valence electrons. The lowest BCUT2D eigenvalue weighted by atomic mass is 9.85. The highest BCUT2D eigenvalue weighted by Gasteiger charge is 2.44. The number of fused-ring (bicyclic) bond motifs is 5. The maximum absolute atomic E-state index is 14.2. The number of hydrogen-bond acceptors (Lipinski definition) is 4. The summed E-state index contributed by atoms with van der Waals surface area (Å²) in [5, 5.41) is 4.59. The molecule has 5 nitrogen and oxygen atoms in total. The van der Waals surface area contributed by atoms with Crippen molar-refractivity contribution < 1.29 is 13.6 Å². The van der Waals surface area contributed by atoms with Crippen molar-refractivity contribution in [2.75, 3.05) is 16.5 Å². The third-order valence-corrected chi connectivity index (χ3v) is 8.59. The molecule has 0 aromatic heterocycles. The Morgan fingerprint density at radius 3 is 2.33 bits per heavy atom. The van der Waals surface area contributed by atoms with Crippen LogP contribution in [-0.4, -0.2) is 18.4 Å². The van der Waals surface area contributed by atoms with Gasteiger partial charge in [0.2, 0.25) is 5.91 Å². The first-order valence-corrected chi connectivity index (χ1v) is 14.1. The molecule has 1 unspecified atom stereocenters. The van der Waals surface area contributed by atoms with Gasteiger partial charge in [-0.25, -0.2) is 8.78 Å². The van der Waals surface area contributed by atoms with Crippen LogP contribution in [0.5, 0.6) is 0 Å². The summed E-state index contributed by atoms with van der Waals surface area (Å²) in [5.74, 6) is -0.0620. The number of nitrogens with one attached hydrogen (secondary N) is 1. The number of amides is 1. The van der Waals surface area contributed by atoms with Crippen LogP contribution in [0.4, 0.5) is 25.8 Å². The predicted molar refractivity (Wildman–Crippen MR) is 156 cm³/mol. The lowest BCUT2D eigenvalue weighted by Crippen LogP contribution is -2.30. The van der Waals surface area contributed by atoms with Gasteiger partial charge in [-0.3, -0.25) is 15.1 Å². The molecule has 3 heterocycles. The fourth-order valence-electron chi connectivity index (χ4n) is 6.26. The highest BCUT2D eigenvalue weighted by Crippen LogP contribution is 2.52.